The molecule has 148 valence electrons. The lowest BCUT2D eigenvalue weighted by atomic mass is 9.99. The molecule has 2 aromatic carbocycles. The van der Waals surface area contributed by atoms with Crippen molar-refractivity contribution in [2.75, 3.05) is 7.11 Å². The van der Waals surface area contributed by atoms with Crippen LogP contribution in [0.1, 0.15) is 31.8 Å². The van der Waals surface area contributed by atoms with Gasteiger partial charge in [0.05, 0.1) is 18.2 Å². The highest BCUT2D eigenvalue weighted by Gasteiger charge is 2.34. The van der Waals surface area contributed by atoms with E-state index < -0.39 is 42.0 Å². The first kappa shape index (κ1) is 20.9. The minimum absolute atomic E-state index is 0.0262. The molecule has 0 radical (unpaired) electrons. The van der Waals surface area contributed by atoms with Gasteiger partial charge in [0.25, 0.3) is 5.91 Å². The van der Waals surface area contributed by atoms with Gasteiger partial charge in [0, 0.05) is 12.0 Å². The van der Waals surface area contributed by atoms with Crippen molar-refractivity contribution >= 4 is 17.8 Å². The van der Waals surface area contributed by atoms with E-state index in [4.69, 9.17) is 5.73 Å². The largest absolute Gasteiger partial charge is 0.465 e. The highest BCUT2D eigenvalue weighted by atomic mass is 19.4. The number of rotatable bonds is 6. The van der Waals surface area contributed by atoms with E-state index in [1.54, 1.807) is 0 Å². The lowest BCUT2D eigenvalue weighted by Crippen LogP contribution is -2.46. The SMILES string of the molecule is COC(=O)c1cccc(C(=O)N[C@H](Cc2ccccc2C(F)(F)F)C(N)=O)c1. The predicted molar refractivity (Wildman–Crippen MR) is 93.4 cm³/mol. The second-order valence-corrected chi connectivity index (χ2v) is 5.86. The molecule has 2 rings (SSSR count). The summed E-state index contributed by atoms with van der Waals surface area (Å²) in [6, 6.07) is 8.81. The van der Waals surface area contributed by atoms with Crippen molar-refractivity contribution in [1.82, 2.24) is 5.32 Å². The van der Waals surface area contributed by atoms with E-state index in [2.05, 4.69) is 10.1 Å². The first-order chi connectivity index (χ1) is 13.1. The molecule has 0 unspecified atom stereocenters. The Bertz CT molecular complexity index is 897. The van der Waals surface area contributed by atoms with Crippen LogP contribution < -0.4 is 11.1 Å². The van der Waals surface area contributed by atoms with Crippen LogP contribution in [0, 0.1) is 0 Å². The summed E-state index contributed by atoms with van der Waals surface area (Å²) in [6.07, 6.45) is -5.05. The van der Waals surface area contributed by atoms with Crippen LogP contribution in [-0.4, -0.2) is 30.9 Å². The van der Waals surface area contributed by atoms with E-state index >= 15 is 0 Å². The Morgan fingerprint density at radius 1 is 1.07 bits per heavy atom. The zero-order valence-electron chi connectivity index (χ0n) is 14.7. The lowest BCUT2D eigenvalue weighted by Gasteiger charge is -2.19. The van der Waals surface area contributed by atoms with Gasteiger partial charge in [-0.3, -0.25) is 9.59 Å². The standard InChI is InChI=1S/C19H17F3N2O4/c1-28-18(27)13-7-4-6-12(9-13)17(26)24-15(16(23)25)10-11-5-2-3-8-14(11)19(20,21)22/h2-9,15H,10H2,1H3,(H2,23,25)(H,24,26)/t15-/m1/s1. The van der Waals surface area contributed by atoms with Gasteiger partial charge in [-0.05, 0) is 29.8 Å². The van der Waals surface area contributed by atoms with E-state index in [-0.39, 0.29) is 16.7 Å². The van der Waals surface area contributed by atoms with Crippen LogP contribution in [0.15, 0.2) is 48.5 Å². The van der Waals surface area contributed by atoms with Crippen molar-refractivity contribution in [2.24, 2.45) is 5.73 Å². The number of carbonyl (C=O) groups is 3. The number of methoxy groups -OCH3 is 1. The molecule has 0 saturated carbocycles. The molecule has 1 atom stereocenters. The van der Waals surface area contributed by atoms with Crippen molar-refractivity contribution < 1.29 is 32.3 Å². The molecular weight excluding hydrogens is 377 g/mol. The van der Waals surface area contributed by atoms with Crippen LogP contribution >= 0.6 is 0 Å². The first-order valence-corrected chi connectivity index (χ1v) is 8.07. The quantitative estimate of drug-likeness (QED) is 0.735. The van der Waals surface area contributed by atoms with Gasteiger partial charge in [-0.2, -0.15) is 13.2 Å². The maximum absolute atomic E-state index is 13.1. The third-order valence-corrected chi connectivity index (χ3v) is 3.94. The molecule has 2 aromatic rings. The zero-order valence-corrected chi connectivity index (χ0v) is 14.7. The maximum atomic E-state index is 13.1. The molecule has 0 aliphatic rings. The van der Waals surface area contributed by atoms with E-state index in [9.17, 15) is 27.6 Å². The fraction of sp³-hybridized carbons (Fsp3) is 0.211. The Hall–Kier alpha value is -3.36. The summed E-state index contributed by atoms with van der Waals surface area (Å²) in [4.78, 5) is 35.7. The monoisotopic (exact) mass is 394 g/mol. The third kappa shape index (κ3) is 5.09. The molecule has 0 spiro atoms. The van der Waals surface area contributed by atoms with Gasteiger partial charge in [0.15, 0.2) is 0 Å². The molecule has 0 bridgehead atoms. The van der Waals surface area contributed by atoms with Crippen molar-refractivity contribution in [3.8, 4) is 0 Å². The predicted octanol–water partition coefficient (Wildman–Crippen LogP) is 2.32. The van der Waals surface area contributed by atoms with Crippen LogP contribution in [0.25, 0.3) is 0 Å². The fourth-order valence-corrected chi connectivity index (χ4v) is 2.56. The number of esters is 1. The maximum Gasteiger partial charge on any atom is 0.416 e. The summed E-state index contributed by atoms with van der Waals surface area (Å²) in [7, 11) is 1.18. The minimum atomic E-state index is -4.61. The topological polar surface area (TPSA) is 98.5 Å². The number of hydrogen-bond acceptors (Lipinski definition) is 4. The first-order valence-electron chi connectivity index (χ1n) is 8.07. The van der Waals surface area contributed by atoms with Crippen LogP contribution in [0.3, 0.4) is 0 Å². The van der Waals surface area contributed by atoms with Gasteiger partial charge in [0.2, 0.25) is 5.91 Å². The smallest absolute Gasteiger partial charge is 0.416 e. The highest BCUT2D eigenvalue weighted by Crippen LogP contribution is 2.32. The Morgan fingerprint density at radius 2 is 1.71 bits per heavy atom. The third-order valence-electron chi connectivity index (χ3n) is 3.94. The van der Waals surface area contributed by atoms with Crippen molar-refractivity contribution in [2.45, 2.75) is 18.6 Å². The number of hydrogen-bond donors (Lipinski definition) is 2. The minimum Gasteiger partial charge on any atom is -0.465 e. The Labute approximate surface area is 158 Å². The highest BCUT2D eigenvalue weighted by molar-refractivity contribution is 5.99. The zero-order chi connectivity index (χ0) is 20.9. The molecule has 0 aliphatic carbocycles. The lowest BCUT2D eigenvalue weighted by molar-refractivity contribution is -0.138. The molecule has 0 fully saturated rings. The van der Waals surface area contributed by atoms with E-state index in [0.717, 1.165) is 6.07 Å². The number of carbonyl (C=O) groups excluding carboxylic acids is 3. The van der Waals surface area contributed by atoms with E-state index in [1.807, 2.05) is 0 Å². The van der Waals surface area contributed by atoms with E-state index in [1.165, 1.54) is 49.6 Å². The summed E-state index contributed by atoms with van der Waals surface area (Å²) in [5.74, 6) is -2.42. The summed E-state index contributed by atoms with van der Waals surface area (Å²) in [6.45, 7) is 0. The van der Waals surface area contributed by atoms with Gasteiger partial charge >= 0.3 is 12.1 Å². The number of alkyl halides is 3. The number of nitrogens with one attached hydrogen (secondary N) is 1. The number of nitrogens with two attached hydrogens (primary N) is 1. The molecule has 0 saturated heterocycles. The van der Waals surface area contributed by atoms with Gasteiger partial charge in [-0.1, -0.05) is 24.3 Å². The Kier molecular flexibility index (Phi) is 6.40. The van der Waals surface area contributed by atoms with Gasteiger partial charge in [0.1, 0.15) is 6.04 Å². The van der Waals surface area contributed by atoms with Crippen molar-refractivity contribution in [3.05, 3.63) is 70.8 Å². The summed E-state index contributed by atoms with van der Waals surface area (Å²) >= 11 is 0. The molecule has 2 amide bonds. The Morgan fingerprint density at radius 3 is 2.32 bits per heavy atom. The average Bonchev–Trinajstić information content (AvgIpc) is 2.66. The number of benzene rings is 2. The summed E-state index contributed by atoms with van der Waals surface area (Å²) < 4.78 is 44.0. The second kappa shape index (κ2) is 8.55. The van der Waals surface area contributed by atoms with Crippen molar-refractivity contribution in [3.63, 3.8) is 0 Å². The molecule has 0 aromatic heterocycles. The number of ether oxygens (including phenoxy) is 1. The number of primary amides is 1. The van der Waals surface area contributed by atoms with Crippen LogP contribution in [0.2, 0.25) is 0 Å². The van der Waals surface area contributed by atoms with Crippen LogP contribution in [0.5, 0.6) is 0 Å². The molecule has 9 heteroatoms. The molecule has 6 nitrogen and oxygen atoms in total. The van der Waals surface area contributed by atoms with Gasteiger partial charge < -0.3 is 15.8 Å². The fourth-order valence-electron chi connectivity index (χ4n) is 2.56. The van der Waals surface area contributed by atoms with Gasteiger partial charge in [-0.25, -0.2) is 4.79 Å². The summed E-state index contributed by atoms with van der Waals surface area (Å²) in [5, 5.41) is 2.31. The molecule has 0 heterocycles. The second-order valence-electron chi connectivity index (χ2n) is 5.86. The molecule has 3 N–H and O–H groups in total. The van der Waals surface area contributed by atoms with Crippen molar-refractivity contribution in [1.29, 1.82) is 0 Å². The number of amides is 2. The number of halogens is 3. The molecular formula is C19H17F3N2O4. The normalized spacial score (nSPS) is 12.1. The summed E-state index contributed by atoms with van der Waals surface area (Å²) in [5.41, 5.74) is 4.30. The average molecular weight is 394 g/mol. The molecule has 28 heavy (non-hydrogen) atoms. The Balaban J connectivity index is 2.24. The van der Waals surface area contributed by atoms with Crippen LogP contribution in [0.4, 0.5) is 13.2 Å². The molecule has 0 aliphatic heterocycles. The van der Waals surface area contributed by atoms with Gasteiger partial charge in [-0.15, -0.1) is 0 Å². The van der Waals surface area contributed by atoms with E-state index in [0.29, 0.717) is 0 Å². The van der Waals surface area contributed by atoms with Crippen LogP contribution in [-0.2, 0) is 22.1 Å².